The molecule has 1 amide bonds. The molecule has 1 aliphatic heterocycles. The molecule has 1 saturated heterocycles. The van der Waals surface area contributed by atoms with Gasteiger partial charge in [-0.3, -0.25) is 4.79 Å². The van der Waals surface area contributed by atoms with Crippen LogP contribution in [0.2, 0.25) is 0 Å². The minimum absolute atomic E-state index is 0.0681. The average molecular weight is 395 g/mol. The molecule has 4 heteroatoms. The van der Waals surface area contributed by atoms with Crippen molar-refractivity contribution in [1.82, 2.24) is 5.32 Å². The zero-order valence-electron chi connectivity index (χ0n) is 18.4. The summed E-state index contributed by atoms with van der Waals surface area (Å²) in [5.74, 6) is 1.41. The molecule has 0 saturated carbocycles. The van der Waals surface area contributed by atoms with Gasteiger partial charge >= 0.3 is 0 Å². The molecule has 1 heterocycles. The van der Waals surface area contributed by atoms with Gasteiger partial charge in [-0.25, -0.2) is 0 Å². The van der Waals surface area contributed by atoms with Gasteiger partial charge < -0.3 is 15.0 Å². The van der Waals surface area contributed by atoms with Crippen molar-refractivity contribution in [3.05, 3.63) is 59.2 Å². The monoisotopic (exact) mass is 394 g/mol. The Morgan fingerprint density at radius 2 is 1.86 bits per heavy atom. The molecule has 0 spiro atoms. The van der Waals surface area contributed by atoms with Crippen LogP contribution in [-0.2, 0) is 4.79 Å². The molecule has 156 valence electrons. The lowest BCUT2D eigenvalue weighted by molar-refractivity contribution is -0.127. The second kappa shape index (κ2) is 9.34. The lowest BCUT2D eigenvalue weighted by atomic mass is 9.99. The van der Waals surface area contributed by atoms with Crippen LogP contribution in [0.1, 0.15) is 56.3 Å². The van der Waals surface area contributed by atoms with E-state index in [4.69, 9.17) is 4.74 Å². The van der Waals surface area contributed by atoms with E-state index in [1.54, 1.807) is 6.92 Å². The number of anilines is 1. The molecule has 0 aromatic heterocycles. The van der Waals surface area contributed by atoms with E-state index in [1.807, 2.05) is 39.0 Å². The number of hydrogen-bond donors (Lipinski definition) is 1. The first-order valence-electron chi connectivity index (χ1n) is 10.7. The SMILES string of the molecule is Cc1ccc(C)c(O[C@H](C)C(=O)N[C@@H](C)c2ccc(N3CCC[C@H](C)C3)cc2)c1. The Morgan fingerprint density at radius 1 is 1.14 bits per heavy atom. The molecule has 1 fully saturated rings. The Morgan fingerprint density at radius 3 is 2.55 bits per heavy atom. The van der Waals surface area contributed by atoms with Gasteiger partial charge in [0.2, 0.25) is 0 Å². The van der Waals surface area contributed by atoms with E-state index >= 15 is 0 Å². The first-order valence-corrected chi connectivity index (χ1v) is 10.7. The maximum Gasteiger partial charge on any atom is 0.261 e. The maximum absolute atomic E-state index is 12.6. The van der Waals surface area contributed by atoms with Crippen LogP contribution in [0.15, 0.2) is 42.5 Å². The molecule has 0 unspecified atom stereocenters. The van der Waals surface area contributed by atoms with Gasteiger partial charge in [0, 0.05) is 18.8 Å². The summed E-state index contributed by atoms with van der Waals surface area (Å²) in [6, 6.07) is 14.6. The second-order valence-electron chi connectivity index (χ2n) is 8.54. The predicted octanol–water partition coefficient (Wildman–Crippen LogP) is 5.18. The summed E-state index contributed by atoms with van der Waals surface area (Å²) in [6.45, 7) is 12.4. The molecular formula is C25H34N2O2. The van der Waals surface area contributed by atoms with E-state index < -0.39 is 6.10 Å². The third kappa shape index (κ3) is 5.53. The number of hydrogen-bond acceptors (Lipinski definition) is 3. The summed E-state index contributed by atoms with van der Waals surface area (Å²) in [6.07, 6.45) is 2.03. The standard InChI is InChI=1S/C25H34N2O2/c1-17-8-9-19(3)24(15-17)29-21(5)25(28)26-20(4)22-10-12-23(13-11-22)27-14-6-7-18(2)16-27/h8-13,15,18,20-21H,6-7,14,16H2,1-5H3,(H,26,28)/t18-,20-,21+/m0/s1. The Hall–Kier alpha value is -2.49. The quantitative estimate of drug-likeness (QED) is 0.733. The number of ether oxygens (including phenoxy) is 1. The van der Waals surface area contributed by atoms with E-state index in [0.717, 1.165) is 41.4 Å². The molecule has 4 nitrogen and oxygen atoms in total. The van der Waals surface area contributed by atoms with E-state index in [9.17, 15) is 4.79 Å². The summed E-state index contributed by atoms with van der Waals surface area (Å²) in [5, 5.41) is 3.08. The summed E-state index contributed by atoms with van der Waals surface area (Å²) >= 11 is 0. The Bertz CT molecular complexity index is 831. The van der Waals surface area contributed by atoms with Crippen LogP contribution in [0.4, 0.5) is 5.69 Å². The van der Waals surface area contributed by atoms with Crippen molar-refractivity contribution in [2.75, 3.05) is 18.0 Å². The van der Waals surface area contributed by atoms with Crippen molar-refractivity contribution >= 4 is 11.6 Å². The van der Waals surface area contributed by atoms with Crippen LogP contribution in [-0.4, -0.2) is 25.1 Å². The largest absolute Gasteiger partial charge is 0.481 e. The van der Waals surface area contributed by atoms with E-state index in [1.165, 1.54) is 18.5 Å². The number of aryl methyl sites for hydroxylation is 2. The third-order valence-electron chi connectivity index (χ3n) is 5.79. The Labute approximate surface area is 175 Å². The highest BCUT2D eigenvalue weighted by Crippen LogP contribution is 2.25. The van der Waals surface area contributed by atoms with Gasteiger partial charge in [0.25, 0.3) is 5.91 Å². The smallest absolute Gasteiger partial charge is 0.261 e. The van der Waals surface area contributed by atoms with Gasteiger partial charge in [-0.15, -0.1) is 0 Å². The van der Waals surface area contributed by atoms with Crippen LogP contribution in [0.25, 0.3) is 0 Å². The van der Waals surface area contributed by atoms with Gasteiger partial charge in [-0.05, 0) is 81.3 Å². The fraction of sp³-hybridized carbons (Fsp3) is 0.480. The van der Waals surface area contributed by atoms with Crippen molar-refractivity contribution in [2.24, 2.45) is 5.92 Å². The van der Waals surface area contributed by atoms with Crippen LogP contribution in [0.5, 0.6) is 5.75 Å². The number of rotatable bonds is 6. The summed E-state index contributed by atoms with van der Waals surface area (Å²) < 4.78 is 5.91. The molecule has 0 bridgehead atoms. The molecule has 3 atom stereocenters. The van der Waals surface area contributed by atoms with Gasteiger partial charge in [-0.2, -0.15) is 0 Å². The lowest BCUT2D eigenvalue weighted by Crippen LogP contribution is -2.38. The van der Waals surface area contributed by atoms with Crippen LogP contribution in [0.3, 0.4) is 0 Å². The molecule has 1 N–H and O–H groups in total. The summed E-state index contributed by atoms with van der Waals surface area (Å²) in [7, 11) is 0. The summed E-state index contributed by atoms with van der Waals surface area (Å²) in [4.78, 5) is 15.1. The molecule has 29 heavy (non-hydrogen) atoms. The van der Waals surface area contributed by atoms with Crippen LogP contribution >= 0.6 is 0 Å². The number of nitrogens with one attached hydrogen (secondary N) is 1. The average Bonchev–Trinajstić information content (AvgIpc) is 2.70. The number of nitrogens with zero attached hydrogens (tertiary/aromatic N) is 1. The predicted molar refractivity (Wildman–Crippen MR) is 120 cm³/mol. The fourth-order valence-electron chi connectivity index (χ4n) is 3.89. The minimum Gasteiger partial charge on any atom is -0.481 e. The molecule has 3 rings (SSSR count). The number of benzene rings is 2. The van der Waals surface area contributed by atoms with Crippen molar-refractivity contribution in [2.45, 2.75) is 59.6 Å². The number of carbonyl (C=O) groups excluding carboxylic acids is 1. The van der Waals surface area contributed by atoms with Crippen LogP contribution < -0.4 is 15.0 Å². The first-order chi connectivity index (χ1) is 13.8. The normalized spacial score (nSPS) is 18.8. The van der Waals surface area contributed by atoms with Gasteiger partial charge in [-0.1, -0.05) is 31.2 Å². The maximum atomic E-state index is 12.6. The van der Waals surface area contributed by atoms with E-state index in [0.29, 0.717) is 0 Å². The van der Waals surface area contributed by atoms with Gasteiger partial charge in [0.1, 0.15) is 5.75 Å². The zero-order valence-corrected chi connectivity index (χ0v) is 18.4. The Kier molecular flexibility index (Phi) is 6.83. The first kappa shape index (κ1) is 21.2. The zero-order chi connectivity index (χ0) is 21.0. The van der Waals surface area contributed by atoms with Crippen molar-refractivity contribution in [3.8, 4) is 5.75 Å². The molecule has 2 aromatic carbocycles. The molecule has 0 radical (unpaired) electrons. The van der Waals surface area contributed by atoms with E-state index in [-0.39, 0.29) is 11.9 Å². The Balaban J connectivity index is 1.58. The molecular weight excluding hydrogens is 360 g/mol. The molecule has 0 aliphatic carbocycles. The highest BCUT2D eigenvalue weighted by atomic mass is 16.5. The second-order valence-corrected chi connectivity index (χ2v) is 8.54. The number of amides is 1. The number of carbonyl (C=O) groups is 1. The molecule has 1 aliphatic rings. The third-order valence-corrected chi connectivity index (χ3v) is 5.79. The van der Waals surface area contributed by atoms with E-state index in [2.05, 4.69) is 41.4 Å². The lowest BCUT2D eigenvalue weighted by Gasteiger charge is -2.33. The topological polar surface area (TPSA) is 41.6 Å². The molecule has 2 aromatic rings. The number of piperidine rings is 1. The van der Waals surface area contributed by atoms with Gasteiger partial charge in [0.15, 0.2) is 6.10 Å². The summed E-state index contributed by atoms with van der Waals surface area (Å²) in [5.41, 5.74) is 4.53. The highest BCUT2D eigenvalue weighted by Gasteiger charge is 2.20. The van der Waals surface area contributed by atoms with Crippen molar-refractivity contribution in [3.63, 3.8) is 0 Å². The van der Waals surface area contributed by atoms with Crippen molar-refractivity contribution < 1.29 is 9.53 Å². The van der Waals surface area contributed by atoms with Gasteiger partial charge in [0.05, 0.1) is 6.04 Å². The highest BCUT2D eigenvalue weighted by molar-refractivity contribution is 5.81. The minimum atomic E-state index is -0.549. The van der Waals surface area contributed by atoms with Crippen molar-refractivity contribution in [1.29, 1.82) is 0 Å². The van der Waals surface area contributed by atoms with Crippen LogP contribution in [0, 0.1) is 19.8 Å². The fourth-order valence-corrected chi connectivity index (χ4v) is 3.89.